The third-order valence-corrected chi connectivity index (χ3v) is 3.99. The lowest BCUT2D eigenvalue weighted by atomic mass is 10.0. The van der Waals surface area contributed by atoms with Crippen LogP contribution >= 0.6 is 11.6 Å². The third-order valence-electron chi connectivity index (χ3n) is 3.80. The number of halogens is 1. The lowest BCUT2D eigenvalue weighted by Gasteiger charge is -2.11. The number of aryl methyl sites for hydroxylation is 1. The Bertz CT molecular complexity index is 1120. The molecule has 0 atom stereocenters. The van der Waals surface area contributed by atoms with Crippen LogP contribution in [-0.2, 0) is 0 Å². The number of nitrogens with one attached hydrogen (secondary N) is 1. The van der Waals surface area contributed by atoms with Crippen molar-refractivity contribution in [3.05, 3.63) is 75.8 Å². The molecule has 4 aromatic rings. The van der Waals surface area contributed by atoms with E-state index < -0.39 is 0 Å². The minimum atomic E-state index is -0.212. The molecule has 0 aliphatic rings. The van der Waals surface area contributed by atoms with Crippen LogP contribution < -0.4 is 5.56 Å². The van der Waals surface area contributed by atoms with Gasteiger partial charge in [-0.2, -0.15) is 0 Å². The molecule has 0 bridgehead atoms. The summed E-state index contributed by atoms with van der Waals surface area (Å²) in [4.78, 5) is 28.0. The molecule has 0 fully saturated rings. The van der Waals surface area contributed by atoms with Crippen molar-refractivity contribution in [1.82, 2.24) is 19.9 Å². The van der Waals surface area contributed by atoms with E-state index >= 15 is 0 Å². The van der Waals surface area contributed by atoms with Gasteiger partial charge in [-0.15, -0.1) is 0 Å². The highest BCUT2D eigenvalue weighted by molar-refractivity contribution is 6.29. The van der Waals surface area contributed by atoms with Gasteiger partial charge in [0.05, 0.1) is 11.4 Å². The van der Waals surface area contributed by atoms with Gasteiger partial charge in [-0.1, -0.05) is 41.9 Å². The van der Waals surface area contributed by atoms with E-state index in [4.69, 9.17) is 16.6 Å². The molecule has 0 unspecified atom stereocenters. The molecule has 0 aliphatic carbocycles. The molecule has 25 heavy (non-hydrogen) atoms. The second kappa shape index (κ2) is 6.11. The summed E-state index contributed by atoms with van der Waals surface area (Å²) in [5.74, 6) is 0. The number of H-pyrrole nitrogens is 1. The van der Waals surface area contributed by atoms with Crippen molar-refractivity contribution < 1.29 is 0 Å². The lowest BCUT2D eigenvalue weighted by Crippen LogP contribution is -2.06. The first kappa shape index (κ1) is 15.5. The van der Waals surface area contributed by atoms with Crippen molar-refractivity contribution in [2.24, 2.45) is 0 Å². The SMILES string of the molecule is Cc1cc(-c2nc3ccc(=O)[nH]c3nc2-c2ccccc2)cc(Cl)n1. The summed E-state index contributed by atoms with van der Waals surface area (Å²) >= 11 is 6.13. The van der Waals surface area contributed by atoms with Crippen LogP contribution in [0.4, 0.5) is 0 Å². The van der Waals surface area contributed by atoms with Gasteiger partial charge >= 0.3 is 0 Å². The number of nitrogens with zero attached hydrogens (tertiary/aromatic N) is 3. The van der Waals surface area contributed by atoms with E-state index in [0.29, 0.717) is 27.7 Å². The molecule has 0 radical (unpaired) electrons. The molecule has 0 aliphatic heterocycles. The predicted molar refractivity (Wildman–Crippen MR) is 98.6 cm³/mol. The standard InChI is InChI=1S/C19H13ClN4O/c1-11-9-13(10-15(20)21-11)18-17(12-5-3-2-4-6-12)24-19-14(22-18)7-8-16(25)23-19/h2-10H,1H3,(H,23,24,25). The maximum atomic E-state index is 11.6. The zero-order valence-corrected chi connectivity index (χ0v) is 14.1. The Balaban J connectivity index is 2.07. The molecule has 0 spiro atoms. The van der Waals surface area contributed by atoms with Crippen molar-refractivity contribution in [3.8, 4) is 22.5 Å². The van der Waals surface area contributed by atoms with Crippen LogP contribution in [0.1, 0.15) is 5.69 Å². The van der Waals surface area contributed by atoms with Gasteiger partial charge in [-0.05, 0) is 25.1 Å². The van der Waals surface area contributed by atoms with Gasteiger partial charge in [-0.3, -0.25) is 4.79 Å². The number of rotatable bonds is 2. The van der Waals surface area contributed by atoms with Crippen LogP contribution in [-0.4, -0.2) is 19.9 Å². The molecule has 1 N–H and O–H groups in total. The summed E-state index contributed by atoms with van der Waals surface area (Å²) in [7, 11) is 0. The maximum Gasteiger partial charge on any atom is 0.249 e. The largest absolute Gasteiger partial charge is 0.305 e. The van der Waals surface area contributed by atoms with Crippen LogP contribution in [0.3, 0.4) is 0 Å². The first-order chi connectivity index (χ1) is 12.1. The van der Waals surface area contributed by atoms with Gasteiger partial charge in [0.15, 0.2) is 5.65 Å². The van der Waals surface area contributed by atoms with Crippen LogP contribution in [0, 0.1) is 6.92 Å². The first-order valence-corrected chi connectivity index (χ1v) is 8.09. The molecule has 5 nitrogen and oxygen atoms in total. The predicted octanol–water partition coefficient (Wildman–Crippen LogP) is 4.01. The summed E-state index contributed by atoms with van der Waals surface area (Å²) in [6.45, 7) is 1.88. The molecule has 6 heteroatoms. The highest BCUT2D eigenvalue weighted by atomic mass is 35.5. The lowest BCUT2D eigenvalue weighted by molar-refractivity contribution is 1.17. The highest BCUT2D eigenvalue weighted by Crippen LogP contribution is 2.31. The van der Waals surface area contributed by atoms with Crippen molar-refractivity contribution in [3.63, 3.8) is 0 Å². The van der Waals surface area contributed by atoms with E-state index in [1.165, 1.54) is 6.07 Å². The summed E-state index contributed by atoms with van der Waals surface area (Å²) in [6.07, 6.45) is 0. The number of benzene rings is 1. The second-order valence-corrected chi connectivity index (χ2v) is 6.05. The summed E-state index contributed by atoms with van der Waals surface area (Å²) in [5.41, 5.74) is 4.75. The Labute approximate surface area is 148 Å². The van der Waals surface area contributed by atoms with Gasteiger partial charge in [0, 0.05) is 22.9 Å². The normalized spacial score (nSPS) is 11.0. The van der Waals surface area contributed by atoms with Crippen LogP contribution in [0.2, 0.25) is 5.15 Å². The Morgan fingerprint density at radius 1 is 0.880 bits per heavy atom. The second-order valence-electron chi connectivity index (χ2n) is 5.66. The summed E-state index contributed by atoms with van der Waals surface area (Å²) < 4.78 is 0. The number of hydrogen-bond donors (Lipinski definition) is 1. The molecule has 1 aromatic carbocycles. The van der Waals surface area contributed by atoms with Crippen molar-refractivity contribution in [2.45, 2.75) is 6.92 Å². The van der Waals surface area contributed by atoms with Gasteiger partial charge in [0.1, 0.15) is 10.7 Å². The number of aromatic nitrogens is 4. The topological polar surface area (TPSA) is 71.5 Å². The fourth-order valence-electron chi connectivity index (χ4n) is 2.73. The molecule has 4 rings (SSSR count). The van der Waals surface area contributed by atoms with Crippen molar-refractivity contribution >= 4 is 22.8 Å². The van der Waals surface area contributed by atoms with Crippen LogP contribution in [0.25, 0.3) is 33.7 Å². The monoisotopic (exact) mass is 348 g/mol. The number of fused-ring (bicyclic) bond motifs is 1. The van der Waals surface area contributed by atoms with E-state index in [9.17, 15) is 4.79 Å². The summed E-state index contributed by atoms with van der Waals surface area (Å²) in [5, 5.41) is 0.400. The average molecular weight is 349 g/mol. The van der Waals surface area contributed by atoms with Gasteiger partial charge < -0.3 is 4.98 Å². The molecule has 122 valence electrons. The Hall–Kier alpha value is -3.05. The van der Waals surface area contributed by atoms with E-state index in [1.807, 2.05) is 43.3 Å². The molecule has 0 amide bonds. The zero-order chi connectivity index (χ0) is 17.4. The number of pyridine rings is 2. The Morgan fingerprint density at radius 3 is 2.40 bits per heavy atom. The quantitative estimate of drug-likeness (QED) is 0.555. The molecule has 0 saturated heterocycles. The van der Waals surface area contributed by atoms with E-state index in [0.717, 1.165) is 16.8 Å². The van der Waals surface area contributed by atoms with E-state index in [1.54, 1.807) is 12.1 Å². The molecular formula is C19H13ClN4O. The van der Waals surface area contributed by atoms with Crippen LogP contribution in [0.15, 0.2) is 59.4 Å². The van der Waals surface area contributed by atoms with Crippen LogP contribution in [0.5, 0.6) is 0 Å². The first-order valence-electron chi connectivity index (χ1n) is 7.71. The molecule has 3 heterocycles. The fraction of sp³-hybridized carbons (Fsp3) is 0.0526. The zero-order valence-electron chi connectivity index (χ0n) is 13.3. The van der Waals surface area contributed by atoms with E-state index in [2.05, 4.69) is 15.0 Å². The maximum absolute atomic E-state index is 11.6. The molecular weight excluding hydrogens is 336 g/mol. The summed E-state index contributed by atoms with van der Waals surface area (Å²) in [6, 6.07) is 16.5. The average Bonchev–Trinajstić information content (AvgIpc) is 2.60. The molecule has 0 saturated carbocycles. The number of aromatic amines is 1. The third kappa shape index (κ3) is 3.02. The molecule has 3 aromatic heterocycles. The van der Waals surface area contributed by atoms with Gasteiger partial charge in [0.2, 0.25) is 5.56 Å². The minimum Gasteiger partial charge on any atom is -0.305 e. The highest BCUT2D eigenvalue weighted by Gasteiger charge is 2.14. The smallest absolute Gasteiger partial charge is 0.249 e. The van der Waals surface area contributed by atoms with E-state index in [-0.39, 0.29) is 5.56 Å². The Kier molecular flexibility index (Phi) is 3.78. The number of hydrogen-bond acceptors (Lipinski definition) is 4. The fourth-order valence-corrected chi connectivity index (χ4v) is 2.98. The Morgan fingerprint density at radius 2 is 1.64 bits per heavy atom. The minimum absolute atomic E-state index is 0.212. The van der Waals surface area contributed by atoms with Gasteiger partial charge in [0.25, 0.3) is 0 Å². The van der Waals surface area contributed by atoms with Gasteiger partial charge in [-0.25, -0.2) is 15.0 Å². The van der Waals surface area contributed by atoms with Crippen molar-refractivity contribution in [1.29, 1.82) is 0 Å². The van der Waals surface area contributed by atoms with Crippen molar-refractivity contribution in [2.75, 3.05) is 0 Å².